The lowest BCUT2D eigenvalue weighted by molar-refractivity contribution is -0.144. The maximum absolute atomic E-state index is 11.7. The number of carboxylic acid groups (broad SMARTS) is 1. The molecule has 6 nitrogen and oxygen atoms in total. The van der Waals surface area contributed by atoms with Crippen molar-refractivity contribution >= 4 is 18.0 Å². The van der Waals surface area contributed by atoms with Crippen LogP contribution in [-0.2, 0) is 9.59 Å². The van der Waals surface area contributed by atoms with Crippen LogP contribution >= 0.6 is 0 Å². The summed E-state index contributed by atoms with van der Waals surface area (Å²) in [5.41, 5.74) is 0.671. The van der Waals surface area contributed by atoms with Crippen LogP contribution in [0.1, 0.15) is 12.5 Å². The summed E-state index contributed by atoms with van der Waals surface area (Å²) in [6.45, 7) is 1.43. The van der Waals surface area contributed by atoms with E-state index >= 15 is 0 Å². The summed E-state index contributed by atoms with van der Waals surface area (Å²) in [5.74, 6) is -1.03. The summed E-state index contributed by atoms with van der Waals surface area (Å²) in [6, 6.07) is 8.31. The van der Waals surface area contributed by atoms with Crippen molar-refractivity contribution in [1.29, 1.82) is 5.26 Å². The molecule has 0 aromatic heterocycles. The van der Waals surface area contributed by atoms with E-state index in [-0.39, 0.29) is 11.5 Å². The van der Waals surface area contributed by atoms with Crippen LogP contribution in [0.4, 0.5) is 0 Å². The van der Waals surface area contributed by atoms with Gasteiger partial charge in [-0.25, -0.2) is 4.79 Å². The molecule has 0 spiro atoms. The first-order chi connectivity index (χ1) is 9.85. The Morgan fingerprint density at radius 3 is 2.33 bits per heavy atom. The second-order valence-corrected chi connectivity index (χ2v) is 4.54. The number of carbonyl (C=O) groups is 2. The minimum Gasteiger partial charge on any atom is -0.479 e. The van der Waals surface area contributed by atoms with Crippen LogP contribution < -0.4 is 4.74 Å². The Morgan fingerprint density at radius 2 is 1.90 bits per heavy atom. The van der Waals surface area contributed by atoms with E-state index in [9.17, 15) is 9.59 Å². The zero-order chi connectivity index (χ0) is 16.0. The van der Waals surface area contributed by atoms with Gasteiger partial charge < -0.3 is 14.7 Å². The summed E-state index contributed by atoms with van der Waals surface area (Å²) in [4.78, 5) is 23.7. The number of nitriles is 1. The van der Waals surface area contributed by atoms with E-state index in [1.165, 1.54) is 17.9 Å². The normalized spacial score (nSPS) is 12.2. The number of aliphatic carboxylic acids is 1. The van der Waals surface area contributed by atoms with Gasteiger partial charge in [0.2, 0.25) is 0 Å². The van der Waals surface area contributed by atoms with Gasteiger partial charge >= 0.3 is 5.97 Å². The minimum absolute atomic E-state index is 0.0209. The predicted molar refractivity (Wildman–Crippen MR) is 76.5 cm³/mol. The van der Waals surface area contributed by atoms with Gasteiger partial charge in [-0.2, -0.15) is 5.26 Å². The molecule has 0 fully saturated rings. The fourth-order valence-electron chi connectivity index (χ4n) is 1.45. The van der Waals surface area contributed by atoms with Crippen LogP contribution in [0.2, 0.25) is 0 Å². The van der Waals surface area contributed by atoms with Gasteiger partial charge in [0, 0.05) is 14.1 Å². The molecule has 1 rings (SSSR count). The lowest BCUT2D eigenvalue weighted by atomic mass is 10.1. The third-order valence-electron chi connectivity index (χ3n) is 2.61. The number of carboxylic acids is 1. The van der Waals surface area contributed by atoms with Crippen LogP contribution in [0.15, 0.2) is 29.8 Å². The highest BCUT2D eigenvalue weighted by molar-refractivity contribution is 6.01. The van der Waals surface area contributed by atoms with E-state index in [0.717, 1.165) is 0 Å². The van der Waals surface area contributed by atoms with Crippen molar-refractivity contribution in [2.75, 3.05) is 14.1 Å². The molecule has 0 aliphatic heterocycles. The average molecular weight is 288 g/mol. The van der Waals surface area contributed by atoms with Crippen LogP contribution in [0.25, 0.3) is 6.08 Å². The van der Waals surface area contributed by atoms with Crippen LogP contribution in [0.3, 0.4) is 0 Å². The second-order valence-electron chi connectivity index (χ2n) is 4.54. The summed E-state index contributed by atoms with van der Waals surface area (Å²) < 4.78 is 5.19. The lowest BCUT2D eigenvalue weighted by Gasteiger charge is -2.10. The summed E-state index contributed by atoms with van der Waals surface area (Å²) in [5, 5.41) is 17.7. The number of amides is 1. The number of carbonyl (C=O) groups excluding carboxylic acids is 1. The average Bonchev–Trinajstić information content (AvgIpc) is 2.45. The number of benzene rings is 1. The molecule has 1 aromatic carbocycles. The van der Waals surface area contributed by atoms with Gasteiger partial charge in [0.05, 0.1) is 0 Å². The van der Waals surface area contributed by atoms with Crippen LogP contribution in [0.5, 0.6) is 5.75 Å². The third-order valence-corrected chi connectivity index (χ3v) is 2.61. The molecule has 1 amide bonds. The molecule has 0 aliphatic carbocycles. The fourth-order valence-corrected chi connectivity index (χ4v) is 1.45. The largest absolute Gasteiger partial charge is 0.479 e. The first-order valence-corrected chi connectivity index (χ1v) is 6.18. The molecule has 0 aliphatic rings. The molecular formula is C15H16N2O4. The van der Waals surface area contributed by atoms with Crippen molar-refractivity contribution in [2.24, 2.45) is 0 Å². The third kappa shape index (κ3) is 4.66. The van der Waals surface area contributed by atoms with Gasteiger partial charge in [0.15, 0.2) is 6.10 Å². The van der Waals surface area contributed by atoms with Gasteiger partial charge in [0.1, 0.15) is 17.4 Å². The van der Waals surface area contributed by atoms with E-state index < -0.39 is 12.1 Å². The van der Waals surface area contributed by atoms with E-state index in [0.29, 0.717) is 11.3 Å². The fraction of sp³-hybridized carbons (Fsp3) is 0.267. The molecule has 1 atom stereocenters. The van der Waals surface area contributed by atoms with E-state index in [2.05, 4.69) is 0 Å². The zero-order valence-corrected chi connectivity index (χ0v) is 12.0. The van der Waals surface area contributed by atoms with Gasteiger partial charge in [0.25, 0.3) is 5.91 Å². The number of rotatable bonds is 5. The first-order valence-electron chi connectivity index (χ1n) is 6.18. The van der Waals surface area contributed by atoms with Crippen molar-refractivity contribution in [1.82, 2.24) is 4.90 Å². The molecule has 110 valence electrons. The Hall–Kier alpha value is -2.81. The highest BCUT2D eigenvalue weighted by Gasteiger charge is 2.13. The molecule has 6 heteroatoms. The number of likely N-dealkylation sites (N-methyl/N-ethyl adjacent to an activating group) is 1. The smallest absolute Gasteiger partial charge is 0.344 e. The van der Waals surface area contributed by atoms with Crippen LogP contribution in [0, 0.1) is 11.3 Å². The van der Waals surface area contributed by atoms with E-state index in [1.54, 1.807) is 38.4 Å². The second kappa shape index (κ2) is 7.10. The van der Waals surface area contributed by atoms with Crippen molar-refractivity contribution in [3.8, 4) is 11.8 Å². The molecule has 1 N–H and O–H groups in total. The summed E-state index contributed by atoms with van der Waals surface area (Å²) in [7, 11) is 3.13. The van der Waals surface area contributed by atoms with E-state index in [4.69, 9.17) is 15.1 Å². The minimum atomic E-state index is -1.05. The van der Waals surface area contributed by atoms with Gasteiger partial charge in [-0.05, 0) is 30.7 Å². The van der Waals surface area contributed by atoms with Gasteiger partial charge in [-0.15, -0.1) is 0 Å². The monoisotopic (exact) mass is 288 g/mol. The van der Waals surface area contributed by atoms with Crippen molar-refractivity contribution in [2.45, 2.75) is 13.0 Å². The molecule has 0 unspecified atom stereocenters. The highest BCUT2D eigenvalue weighted by Crippen LogP contribution is 2.16. The Kier molecular flexibility index (Phi) is 5.49. The van der Waals surface area contributed by atoms with Crippen molar-refractivity contribution in [3.05, 3.63) is 35.4 Å². The topological polar surface area (TPSA) is 90.6 Å². The molecule has 0 saturated heterocycles. The van der Waals surface area contributed by atoms with Gasteiger partial charge in [-0.3, -0.25) is 4.79 Å². The summed E-state index contributed by atoms with van der Waals surface area (Å²) >= 11 is 0. The Labute approximate surface area is 122 Å². The Morgan fingerprint density at radius 1 is 1.33 bits per heavy atom. The maximum Gasteiger partial charge on any atom is 0.344 e. The standard InChI is InChI=1S/C15H16N2O4/c1-10(15(19)20)21-13-6-4-11(5-7-13)8-12(9-16)14(18)17(2)3/h4-8,10H,1-3H3,(H,19,20)/b12-8-/t10-/m0/s1. The quantitative estimate of drug-likeness (QED) is 0.655. The van der Waals surface area contributed by atoms with Crippen molar-refractivity contribution < 1.29 is 19.4 Å². The van der Waals surface area contributed by atoms with E-state index in [1.807, 2.05) is 6.07 Å². The maximum atomic E-state index is 11.7. The SMILES string of the molecule is C[C@H](Oc1ccc(/C=C(/C#N)C(=O)N(C)C)cc1)C(=O)O. The highest BCUT2D eigenvalue weighted by atomic mass is 16.5. The molecule has 1 aromatic rings. The number of hydrogen-bond acceptors (Lipinski definition) is 4. The molecule has 0 saturated carbocycles. The van der Waals surface area contributed by atoms with Gasteiger partial charge in [-0.1, -0.05) is 12.1 Å². The number of hydrogen-bond donors (Lipinski definition) is 1. The Balaban J connectivity index is 2.90. The number of nitrogens with zero attached hydrogens (tertiary/aromatic N) is 2. The Bertz CT molecular complexity index is 597. The molecule has 0 radical (unpaired) electrons. The first kappa shape index (κ1) is 16.2. The van der Waals surface area contributed by atoms with Crippen LogP contribution in [-0.4, -0.2) is 42.1 Å². The lowest BCUT2D eigenvalue weighted by Crippen LogP contribution is -2.23. The predicted octanol–water partition coefficient (Wildman–Crippen LogP) is 1.53. The van der Waals surface area contributed by atoms with Crippen molar-refractivity contribution in [3.63, 3.8) is 0 Å². The molecular weight excluding hydrogens is 272 g/mol. The molecule has 0 heterocycles. The molecule has 21 heavy (non-hydrogen) atoms. The molecule has 0 bridgehead atoms. The number of ether oxygens (including phenoxy) is 1. The summed E-state index contributed by atoms with van der Waals surface area (Å²) in [6.07, 6.45) is 0.517. The zero-order valence-electron chi connectivity index (χ0n) is 12.0.